The minimum Gasteiger partial charge on any atom is -0.364 e. The van der Waals surface area contributed by atoms with Gasteiger partial charge in [0, 0.05) is 44.0 Å². The predicted molar refractivity (Wildman–Crippen MR) is 128 cm³/mol. The number of hydrogen-bond acceptors (Lipinski definition) is 4. The summed E-state index contributed by atoms with van der Waals surface area (Å²) in [4.78, 5) is 34.0. The highest BCUT2D eigenvalue weighted by atomic mass is 16.5. The summed E-state index contributed by atoms with van der Waals surface area (Å²) in [7, 11) is 0. The number of likely N-dealkylation sites (tertiary alicyclic amines) is 2. The molecular weight excluding hydrogens is 426 g/mol. The lowest BCUT2D eigenvalue weighted by Gasteiger charge is -2.32. The Morgan fingerprint density at radius 1 is 1.03 bits per heavy atom. The average Bonchev–Trinajstić information content (AvgIpc) is 3.48. The van der Waals surface area contributed by atoms with Crippen molar-refractivity contribution in [2.45, 2.75) is 69.0 Å². The van der Waals surface area contributed by atoms with Gasteiger partial charge in [-0.2, -0.15) is 0 Å². The third-order valence-corrected chi connectivity index (χ3v) is 8.66. The van der Waals surface area contributed by atoms with Crippen LogP contribution in [0.2, 0.25) is 0 Å². The summed E-state index contributed by atoms with van der Waals surface area (Å²) in [5.74, 6) is 1.01. The number of amides is 2. The molecule has 0 N–H and O–H groups in total. The fourth-order valence-electron chi connectivity index (χ4n) is 6.39. The molecule has 2 amide bonds. The number of nitrogens with zero attached hydrogens (tertiary/aromatic N) is 3. The average molecular weight is 460 g/mol. The SMILES string of the molecule is CCC(=O)N1CCC(c2ccc(C3(C(=O)N4CCC5(C4)OCc4cnccc45)CC3)cc2)CC1. The molecule has 1 saturated carbocycles. The van der Waals surface area contributed by atoms with Crippen LogP contribution in [0, 0.1) is 0 Å². The number of piperidine rings is 1. The summed E-state index contributed by atoms with van der Waals surface area (Å²) < 4.78 is 6.24. The Hall–Kier alpha value is -2.73. The van der Waals surface area contributed by atoms with E-state index < -0.39 is 0 Å². The second kappa shape index (κ2) is 8.19. The van der Waals surface area contributed by atoms with E-state index in [2.05, 4.69) is 35.3 Å². The molecule has 0 bridgehead atoms. The number of carbonyl (C=O) groups excluding carboxylic acids is 2. The van der Waals surface area contributed by atoms with Crippen molar-refractivity contribution in [3.8, 4) is 0 Å². The third kappa shape index (κ3) is 3.46. The number of carbonyl (C=O) groups is 2. The molecule has 6 heteroatoms. The Kier molecular flexibility index (Phi) is 5.25. The number of fused-ring (bicyclic) bond motifs is 2. The van der Waals surface area contributed by atoms with Crippen molar-refractivity contribution < 1.29 is 14.3 Å². The standard InChI is InChI=1S/C28H33N3O3/c1-2-25(32)30-14-8-21(9-15-30)20-3-5-23(6-4-20)27(10-11-27)26(33)31-16-12-28(19-31)24-7-13-29-17-22(24)18-34-28/h3-7,13,17,21H,2,8-12,14-16,18-19H2,1H3. The van der Waals surface area contributed by atoms with Crippen LogP contribution in [0.1, 0.15) is 73.6 Å². The molecule has 3 fully saturated rings. The number of benzene rings is 1. The molecule has 34 heavy (non-hydrogen) atoms. The molecule has 2 saturated heterocycles. The molecule has 3 aliphatic heterocycles. The molecule has 6 rings (SSSR count). The Balaban J connectivity index is 1.13. The lowest BCUT2D eigenvalue weighted by Crippen LogP contribution is -2.40. The quantitative estimate of drug-likeness (QED) is 0.696. The van der Waals surface area contributed by atoms with E-state index in [0.717, 1.165) is 62.9 Å². The largest absolute Gasteiger partial charge is 0.364 e. The molecule has 178 valence electrons. The highest BCUT2D eigenvalue weighted by Crippen LogP contribution is 2.52. The van der Waals surface area contributed by atoms with Crippen LogP contribution >= 0.6 is 0 Å². The number of rotatable bonds is 4. The van der Waals surface area contributed by atoms with Crippen LogP contribution in [0.25, 0.3) is 0 Å². The number of ether oxygens (including phenoxy) is 1. The summed E-state index contributed by atoms with van der Waals surface area (Å²) >= 11 is 0. The zero-order chi connectivity index (χ0) is 23.3. The van der Waals surface area contributed by atoms with Crippen LogP contribution in [0.3, 0.4) is 0 Å². The first kappa shape index (κ1) is 21.8. The van der Waals surface area contributed by atoms with E-state index in [9.17, 15) is 9.59 Å². The van der Waals surface area contributed by atoms with Crippen LogP contribution in [0.15, 0.2) is 42.7 Å². The van der Waals surface area contributed by atoms with Gasteiger partial charge in [0.25, 0.3) is 0 Å². The predicted octanol–water partition coefficient (Wildman–Crippen LogP) is 3.89. The van der Waals surface area contributed by atoms with Gasteiger partial charge in [-0.15, -0.1) is 0 Å². The molecule has 1 spiro atoms. The van der Waals surface area contributed by atoms with E-state index >= 15 is 0 Å². The second-order valence-electron chi connectivity index (χ2n) is 10.5. The first-order chi connectivity index (χ1) is 16.5. The van der Waals surface area contributed by atoms with Crippen molar-refractivity contribution in [2.75, 3.05) is 26.2 Å². The van der Waals surface area contributed by atoms with Crippen molar-refractivity contribution in [1.82, 2.24) is 14.8 Å². The molecule has 1 aromatic carbocycles. The Morgan fingerprint density at radius 3 is 2.50 bits per heavy atom. The Bertz CT molecular complexity index is 1100. The molecule has 1 atom stereocenters. The molecule has 1 aliphatic carbocycles. The van der Waals surface area contributed by atoms with E-state index in [1.165, 1.54) is 11.1 Å². The van der Waals surface area contributed by atoms with E-state index in [1.54, 1.807) is 0 Å². The van der Waals surface area contributed by atoms with Gasteiger partial charge in [0.15, 0.2) is 0 Å². The lowest BCUT2D eigenvalue weighted by atomic mass is 9.86. The van der Waals surface area contributed by atoms with Gasteiger partial charge in [0.2, 0.25) is 11.8 Å². The maximum Gasteiger partial charge on any atom is 0.233 e. The van der Waals surface area contributed by atoms with Crippen LogP contribution in [-0.4, -0.2) is 52.8 Å². The topological polar surface area (TPSA) is 62.7 Å². The van der Waals surface area contributed by atoms with Crippen LogP contribution < -0.4 is 0 Å². The normalized spacial score (nSPS) is 25.6. The fourth-order valence-corrected chi connectivity index (χ4v) is 6.39. The van der Waals surface area contributed by atoms with Crippen LogP contribution in [-0.2, 0) is 31.9 Å². The molecule has 2 aromatic rings. The molecule has 4 heterocycles. The highest BCUT2D eigenvalue weighted by Gasteiger charge is 2.56. The van der Waals surface area contributed by atoms with Gasteiger partial charge >= 0.3 is 0 Å². The molecule has 6 nitrogen and oxygen atoms in total. The smallest absolute Gasteiger partial charge is 0.233 e. The van der Waals surface area contributed by atoms with E-state index in [1.807, 2.05) is 29.1 Å². The molecule has 0 radical (unpaired) electrons. The summed E-state index contributed by atoms with van der Waals surface area (Å²) in [6.45, 7) is 5.59. The van der Waals surface area contributed by atoms with Crippen LogP contribution in [0.5, 0.6) is 0 Å². The number of pyridine rings is 1. The van der Waals surface area contributed by atoms with Gasteiger partial charge in [-0.3, -0.25) is 14.6 Å². The van der Waals surface area contributed by atoms with Gasteiger partial charge in [-0.25, -0.2) is 0 Å². The van der Waals surface area contributed by atoms with Crippen molar-refractivity contribution in [3.63, 3.8) is 0 Å². The van der Waals surface area contributed by atoms with Gasteiger partial charge < -0.3 is 14.5 Å². The second-order valence-corrected chi connectivity index (χ2v) is 10.5. The van der Waals surface area contributed by atoms with Crippen LogP contribution in [0.4, 0.5) is 0 Å². The first-order valence-corrected chi connectivity index (χ1v) is 12.8. The summed E-state index contributed by atoms with van der Waals surface area (Å²) in [6, 6.07) is 10.9. The van der Waals surface area contributed by atoms with Crippen molar-refractivity contribution >= 4 is 11.8 Å². The lowest BCUT2D eigenvalue weighted by molar-refractivity contribution is -0.134. The van der Waals surface area contributed by atoms with E-state index in [-0.39, 0.29) is 22.8 Å². The third-order valence-electron chi connectivity index (χ3n) is 8.66. The maximum atomic E-state index is 13.7. The molecule has 1 aromatic heterocycles. The van der Waals surface area contributed by atoms with E-state index in [0.29, 0.717) is 25.5 Å². The zero-order valence-electron chi connectivity index (χ0n) is 20.0. The Morgan fingerprint density at radius 2 is 1.79 bits per heavy atom. The van der Waals surface area contributed by atoms with Crippen molar-refractivity contribution in [1.29, 1.82) is 0 Å². The fraction of sp³-hybridized carbons (Fsp3) is 0.536. The maximum absolute atomic E-state index is 13.7. The van der Waals surface area contributed by atoms with E-state index in [4.69, 9.17) is 4.74 Å². The summed E-state index contributed by atoms with van der Waals surface area (Å²) in [5.41, 5.74) is 4.12. The molecule has 4 aliphatic rings. The highest BCUT2D eigenvalue weighted by molar-refractivity contribution is 5.91. The van der Waals surface area contributed by atoms with Gasteiger partial charge in [-0.05, 0) is 60.8 Å². The summed E-state index contributed by atoms with van der Waals surface area (Å²) in [6.07, 6.45) is 9.04. The minimum atomic E-state index is -0.360. The summed E-state index contributed by atoms with van der Waals surface area (Å²) in [5, 5.41) is 0. The molecule has 1 unspecified atom stereocenters. The Labute approximate surface area is 201 Å². The van der Waals surface area contributed by atoms with Crippen molar-refractivity contribution in [3.05, 3.63) is 65.0 Å². The van der Waals surface area contributed by atoms with Crippen molar-refractivity contribution in [2.24, 2.45) is 0 Å². The molecular formula is C28H33N3O3. The number of aromatic nitrogens is 1. The number of hydrogen-bond donors (Lipinski definition) is 0. The minimum absolute atomic E-state index is 0.259. The monoisotopic (exact) mass is 459 g/mol. The van der Waals surface area contributed by atoms with Gasteiger partial charge in [0.1, 0.15) is 5.60 Å². The van der Waals surface area contributed by atoms with Gasteiger partial charge in [0.05, 0.1) is 18.6 Å². The van der Waals surface area contributed by atoms with Gasteiger partial charge in [-0.1, -0.05) is 31.2 Å². The first-order valence-electron chi connectivity index (χ1n) is 12.8. The zero-order valence-corrected chi connectivity index (χ0v) is 20.0.